The van der Waals surface area contributed by atoms with Crippen LogP contribution in [0, 0.1) is 21.7 Å². The van der Waals surface area contributed by atoms with Gasteiger partial charge in [-0.05, 0) is 261 Å². The second kappa shape index (κ2) is 24.0. The van der Waals surface area contributed by atoms with Crippen molar-refractivity contribution in [2.45, 2.75) is 116 Å². The van der Waals surface area contributed by atoms with Crippen molar-refractivity contribution < 1.29 is 47.4 Å². The molecule has 6 aliphatic rings. The second-order valence-corrected chi connectivity index (χ2v) is 33.0. The second-order valence-electron chi connectivity index (χ2n) is 33.0. The number of fused-ring (bicyclic) bond motifs is 20. The third-order valence-corrected chi connectivity index (χ3v) is 23.4. The predicted octanol–water partition coefficient (Wildman–Crippen LogP) is 23.3. The zero-order valence-corrected chi connectivity index (χ0v) is 62.1. The normalized spacial score (nSPS) is 20.2. The number of benzene rings is 11. The van der Waals surface area contributed by atoms with Crippen molar-refractivity contribution in [1.82, 2.24) is 0 Å². The molecule has 0 bridgehead atoms. The van der Waals surface area contributed by atoms with Crippen LogP contribution in [0.3, 0.4) is 0 Å². The van der Waals surface area contributed by atoms with Gasteiger partial charge in [-0.15, -0.1) is 0 Å². The lowest BCUT2D eigenvalue weighted by atomic mass is 9.52. The Labute approximate surface area is 611 Å². The summed E-state index contributed by atoms with van der Waals surface area (Å²) in [5.74, 6) is 9.07. The summed E-state index contributed by atoms with van der Waals surface area (Å²) in [4.78, 5) is 0. The van der Waals surface area contributed by atoms with E-state index in [1.807, 2.05) is 72.8 Å². The van der Waals surface area contributed by atoms with E-state index < -0.39 is 11.2 Å². The molecule has 2 saturated carbocycles. The molecular formula is C94H90O10. The molecule has 11 aromatic rings. The van der Waals surface area contributed by atoms with Crippen LogP contribution < -0.4 is 47.4 Å². The average molecular weight is 1380 g/mol. The molecular weight excluding hydrogens is 1290 g/mol. The average Bonchev–Trinajstić information content (AvgIpc) is 1.32. The fourth-order valence-electron chi connectivity index (χ4n) is 20.8. The lowest BCUT2D eigenvalue weighted by molar-refractivity contribution is 0.0637. The highest BCUT2D eigenvalue weighted by Crippen LogP contribution is 2.70. The molecule has 0 N–H and O–H groups in total. The number of ether oxygens (including phenoxy) is 10. The lowest BCUT2D eigenvalue weighted by Gasteiger charge is -2.52. The summed E-state index contributed by atoms with van der Waals surface area (Å²) >= 11 is 0. The number of hydrogen-bond acceptors (Lipinski definition) is 10. The number of hydrogen-bond donors (Lipinski definition) is 0. The minimum absolute atomic E-state index is 0.0461. The van der Waals surface area contributed by atoms with Crippen molar-refractivity contribution in [2.75, 3.05) is 42.7 Å². The summed E-state index contributed by atoms with van der Waals surface area (Å²) in [6.45, 7) is 19.6. The van der Waals surface area contributed by atoms with Crippen molar-refractivity contribution in [1.29, 1.82) is 0 Å². The highest BCUT2D eigenvalue weighted by Gasteiger charge is 2.58. The van der Waals surface area contributed by atoms with Crippen molar-refractivity contribution in [3.8, 4) is 91.2 Å². The smallest absolute Gasteiger partial charge is 0.178 e. The number of methoxy groups -OCH3 is 6. The minimum atomic E-state index is -1.06. The van der Waals surface area contributed by atoms with E-state index in [1.165, 1.54) is 44.5 Å². The van der Waals surface area contributed by atoms with Gasteiger partial charge in [0.1, 0.15) is 69.0 Å². The fourth-order valence-corrected chi connectivity index (χ4v) is 20.8. The van der Waals surface area contributed by atoms with Gasteiger partial charge < -0.3 is 47.4 Å². The number of rotatable bonds is 14. The molecule has 0 aromatic heterocycles. The Balaban J connectivity index is 0.687. The van der Waals surface area contributed by atoms with Gasteiger partial charge in [-0.3, -0.25) is 0 Å². The Hall–Kier alpha value is -10.6. The van der Waals surface area contributed by atoms with Crippen LogP contribution in [0.25, 0.3) is 56.0 Å². The molecule has 2 heterocycles. The first-order chi connectivity index (χ1) is 50.0. The van der Waals surface area contributed by atoms with Crippen LogP contribution in [0.1, 0.15) is 150 Å². The maximum absolute atomic E-state index is 7.88. The lowest BCUT2D eigenvalue weighted by Crippen LogP contribution is -2.44. The van der Waals surface area contributed by atoms with Gasteiger partial charge in [-0.25, -0.2) is 0 Å². The van der Waals surface area contributed by atoms with E-state index in [1.54, 1.807) is 42.7 Å². The van der Waals surface area contributed by atoms with E-state index >= 15 is 0 Å². The molecule has 10 heteroatoms. The van der Waals surface area contributed by atoms with Gasteiger partial charge >= 0.3 is 0 Å². The first kappa shape index (κ1) is 66.6. The fraction of sp³-hybridized carbons (Fsp3) is 0.298. The molecule has 0 saturated heterocycles. The third kappa shape index (κ3) is 10.6. The van der Waals surface area contributed by atoms with E-state index in [-0.39, 0.29) is 32.5 Å². The zero-order chi connectivity index (χ0) is 72.1. The summed E-state index contributed by atoms with van der Waals surface area (Å²) in [5.41, 5.74) is 13.7. The van der Waals surface area contributed by atoms with Crippen LogP contribution in [-0.4, -0.2) is 42.7 Å². The maximum atomic E-state index is 7.88. The monoisotopic (exact) mass is 1380 g/mol. The summed E-state index contributed by atoms with van der Waals surface area (Å²) in [6, 6.07) is 67.1. The van der Waals surface area contributed by atoms with Crippen LogP contribution in [0.5, 0.6) is 69.0 Å². The zero-order valence-electron chi connectivity index (χ0n) is 62.1. The Kier molecular flexibility index (Phi) is 15.4. The van der Waals surface area contributed by atoms with Crippen molar-refractivity contribution in [2.24, 2.45) is 21.7 Å². The van der Waals surface area contributed by atoms with Crippen molar-refractivity contribution >= 4 is 33.7 Å². The Bertz CT molecular complexity index is 4960. The quantitative estimate of drug-likeness (QED) is 0.105. The third-order valence-electron chi connectivity index (χ3n) is 23.4. The Morgan fingerprint density at radius 2 is 0.548 bits per heavy atom. The van der Waals surface area contributed by atoms with Gasteiger partial charge in [-0.2, -0.15) is 0 Å². The van der Waals surface area contributed by atoms with Crippen LogP contribution >= 0.6 is 0 Å². The summed E-state index contributed by atoms with van der Waals surface area (Å²) in [6.07, 6.45) is 15.4. The van der Waals surface area contributed by atoms with Gasteiger partial charge in [0, 0.05) is 55.0 Å². The van der Waals surface area contributed by atoms with Gasteiger partial charge in [-0.1, -0.05) is 128 Å². The van der Waals surface area contributed by atoms with E-state index in [4.69, 9.17) is 47.4 Å². The SMILES string of the molecule is COc1ccc(C2(c3ccc(Oc4ccc(Oc5ccc(C6(c7ccc(OC)cc7)C=Cc7c8c(c9ccc(OC)cc9c7O6)-c6ccc(OC)cc6C86CC(C)(C)CC(C)(C)C6)cc5)cc4)cc3)C=Cc3c4c(c5ccc(OC)cc5c3O2)-c2ccc(OC)cc2C42CC(C)(C)CC(C)(C)C2)cc1. The predicted molar refractivity (Wildman–Crippen MR) is 416 cm³/mol. The van der Waals surface area contributed by atoms with Crippen molar-refractivity contribution in [3.05, 3.63) is 262 Å². The van der Waals surface area contributed by atoms with E-state index in [0.717, 1.165) is 139 Å². The van der Waals surface area contributed by atoms with Crippen molar-refractivity contribution in [3.63, 3.8) is 0 Å². The molecule has 0 radical (unpaired) electrons. The van der Waals surface area contributed by atoms with E-state index in [9.17, 15) is 0 Å². The first-order valence-electron chi connectivity index (χ1n) is 36.4. The highest BCUT2D eigenvalue weighted by molar-refractivity contribution is 6.11. The summed E-state index contributed by atoms with van der Waals surface area (Å²) in [5, 5.41) is 4.23. The topological polar surface area (TPSA) is 92.3 Å². The van der Waals surface area contributed by atoms with Gasteiger partial charge in [0.05, 0.1) is 42.7 Å². The minimum Gasteiger partial charge on any atom is -0.497 e. The van der Waals surface area contributed by atoms with E-state index in [0.29, 0.717) is 23.0 Å². The highest BCUT2D eigenvalue weighted by atomic mass is 16.5. The molecule has 2 fully saturated rings. The van der Waals surface area contributed by atoms with Crippen LogP contribution in [0.4, 0.5) is 0 Å². The van der Waals surface area contributed by atoms with Gasteiger partial charge in [0.15, 0.2) is 11.2 Å². The largest absolute Gasteiger partial charge is 0.497 e. The molecule has 2 spiro atoms. The van der Waals surface area contributed by atoms with Crippen LogP contribution in [0.15, 0.2) is 206 Å². The molecule has 10 nitrogen and oxygen atoms in total. The molecule has 2 aliphatic heterocycles. The molecule has 104 heavy (non-hydrogen) atoms. The van der Waals surface area contributed by atoms with E-state index in [2.05, 4.69) is 201 Å². The van der Waals surface area contributed by atoms with Gasteiger partial charge in [0.2, 0.25) is 0 Å². The molecule has 2 unspecified atom stereocenters. The molecule has 2 atom stereocenters. The Morgan fingerprint density at radius 3 is 0.856 bits per heavy atom. The van der Waals surface area contributed by atoms with Crippen LogP contribution in [0.2, 0.25) is 0 Å². The summed E-state index contributed by atoms with van der Waals surface area (Å²) in [7, 11) is 10.4. The molecule has 4 aliphatic carbocycles. The summed E-state index contributed by atoms with van der Waals surface area (Å²) < 4.78 is 64.6. The molecule has 526 valence electrons. The molecule has 0 amide bonds. The molecule has 11 aromatic carbocycles. The van der Waals surface area contributed by atoms with Gasteiger partial charge in [0.25, 0.3) is 0 Å². The van der Waals surface area contributed by atoms with Crippen LogP contribution in [-0.2, 0) is 22.0 Å². The standard InChI is InChI=1S/C94H90O10/c1-87(2)51-88(3,4)54-91(53-87)79-49-69(99-13)37-41-73(79)81-71-39-35-67(97-11)47-77(71)85-75(83(81)91)43-45-93(103-85,57-15-23-61(95-9)24-16-57)59-19-27-63(28-20-59)101-65-31-33-66(34-32-65)102-64-29-21-60(22-30-64)94(58-17-25-62(96-10)26-18-58)46-44-76-84-82(72-40-36-68(98-12)48-78(72)86(76)104-94)74-42-38-70(100-14)50-80(74)92(84)55-89(5,6)52-90(7,8)56-92/h15-50H,51-56H2,1-14H3. The molecule has 17 rings (SSSR count). The maximum Gasteiger partial charge on any atom is 0.178 e. The first-order valence-corrected chi connectivity index (χ1v) is 36.4. The Morgan fingerprint density at radius 1 is 0.279 bits per heavy atom.